The van der Waals surface area contributed by atoms with Gasteiger partial charge in [0.15, 0.2) is 0 Å². The number of rotatable bonds is 4. The van der Waals surface area contributed by atoms with Gasteiger partial charge in [-0.3, -0.25) is 4.99 Å². The first kappa shape index (κ1) is 12.7. The van der Waals surface area contributed by atoms with Gasteiger partial charge in [0, 0.05) is 12.7 Å². The summed E-state index contributed by atoms with van der Waals surface area (Å²) in [6.45, 7) is 5.30. The Balaban J connectivity index is 2.90. The Morgan fingerprint density at radius 1 is 1.31 bits per heavy atom. The monoisotopic (exact) mass is 221 g/mol. The average molecular weight is 221 g/mol. The van der Waals surface area contributed by atoms with E-state index in [2.05, 4.69) is 42.5 Å². The number of nitrogens with two attached hydrogens (primary N) is 1. The van der Waals surface area contributed by atoms with Crippen LogP contribution in [0.25, 0.3) is 0 Å². The molecule has 1 rings (SSSR count). The minimum absolute atomic E-state index is 0.593. The van der Waals surface area contributed by atoms with Crippen molar-refractivity contribution in [1.82, 2.24) is 5.43 Å². The van der Waals surface area contributed by atoms with Crippen molar-refractivity contribution in [3.05, 3.63) is 34.9 Å². The molecule has 0 aromatic heterocycles. The van der Waals surface area contributed by atoms with E-state index in [0.717, 1.165) is 5.56 Å². The van der Waals surface area contributed by atoms with E-state index in [9.17, 15) is 0 Å². The summed E-state index contributed by atoms with van der Waals surface area (Å²) >= 11 is 0. The first-order valence-electron chi connectivity index (χ1n) is 5.26. The molecular formula is C12H19N3O. The van der Waals surface area contributed by atoms with E-state index in [1.54, 1.807) is 7.11 Å². The largest absolute Gasteiger partial charge is 0.383 e. The summed E-state index contributed by atoms with van der Waals surface area (Å²) in [6.07, 6.45) is 0. The van der Waals surface area contributed by atoms with E-state index in [0.29, 0.717) is 19.0 Å². The molecule has 4 nitrogen and oxygen atoms in total. The normalized spacial score (nSPS) is 11.6. The second kappa shape index (κ2) is 6.25. The number of nitrogens with one attached hydrogen (secondary N) is 1. The lowest BCUT2D eigenvalue weighted by Crippen LogP contribution is -2.31. The lowest BCUT2D eigenvalue weighted by Gasteiger charge is -2.08. The highest BCUT2D eigenvalue weighted by atomic mass is 16.5. The molecule has 0 fully saturated rings. The molecule has 0 aliphatic carbocycles. The number of hydrogen-bond acceptors (Lipinski definition) is 3. The Morgan fingerprint density at radius 2 is 1.94 bits per heavy atom. The summed E-state index contributed by atoms with van der Waals surface area (Å²) in [6, 6.07) is 6.23. The fourth-order valence-corrected chi connectivity index (χ4v) is 1.58. The highest BCUT2D eigenvalue weighted by Gasteiger charge is 2.02. The van der Waals surface area contributed by atoms with Crippen LogP contribution in [-0.2, 0) is 4.74 Å². The van der Waals surface area contributed by atoms with Crippen LogP contribution >= 0.6 is 0 Å². The van der Waals surface area contributed by atoms with Crippen molar-refractivity contribution in [3.63, 3.8) is 0 Å². The topological polar surface area (TPSA) is 59.6 Å². The van der Waals surface area contributed by atoms with Gasteiger partial charge in [-0.2, -0.15) is 0 Å². The Hall–Kier alpha value is -1.39. The fraction of sp³-hybridized carbons (Fsp3) is 0.417. The van der Waals surface area contributed by atoms with Crippen LogP contribution in [-0.4, -0.2) is 26.1 Å². The van der Waals surface area contributed by atoms with Crippen molar-refractivity contribution in [1.29, 1.82) is 0 Å². The van der Waals surface area contributed by atoms with Gasteiger partial charge in [0.25, 0.3) is 0 Å². The van der Waals surface area contributed by atoms with Gasteiger partial charge in [0.2, 0.25) is 0 Å². The number of ether oxygens (including phenoxy) is 1. The third-order valence-corrected chi connectivity index (χ3v) is 2.20. The smallest absolute Gasteiger partial charge is 0.142 e. The first-order chi connectivity index (χ1) is 7.67. The second-order valence-corrected chi connectivity index (χ2v) is 3.74. The molecular weight excluding hydrogens is 202 g/mol. The lowest BCUT2D eigenvalue weighted by molar-refractivity contribution is 0.208. The van der Waals surface area contributed by atoms with Crippen molar-refractivity contribution in [2.75, 3.05) is 20.3 Å². The van der Waals surface area contributed by atoms with Crippen LogP contribution in [0.2, 0.25) is 0 Å². The van der Waals surface area contributed by atoms with E-state index in [1.807, 2.05) is 0 Å². The summed E-state index contributed by atoms with van der Waals surface area (Å²) in [7, 11) is 1.65. The lowest BCUT2D eigenvalue weighted by atomic mass is 10.1. The molecule has 1 aromatic carbocycles. The van der Waals surface area contributed by atoms with Crippen LogP contribution in [0.4, 0.5) is 0 Å². The molecule has 88 valence electrons. The molecule has 0 amide bonds. The molecule has 0 unspecified atom stereocenters. The van der Waals surface area contributed by atoms with Crippen LogP contribution in [0.5, 0.6) is 0 Å². The molecule has 3 N–H and O–H groups in total. The molecule has 0 saturated carbocycles. The van der Waals surface area contributed by atoms with E-state index >= 15 is 0 Å². The molecule has 0 saturated heterocycles. The van der Waals surface area contributed by atoms with E-state index in [1.165, 1.54) is 11.1 Å². The maximum Gasteiger partial charge on any atom is 0.142 e. The Labute approximate surface area is 96.5 Å². The van der Waals surface area contributed by atoms with Crippen LogP contribution in [0.3, 0.4) is 0 Å². The van der Waals surface area contributed by atoms with E-state index < -0.39 is 0 Å². The van der Waals surface area contributed by atoms with Crippen LogP contribution < -0.4 is 11.3 Å². The number of nitrogens with zero attached hydrogens (tertiary/aromatic N) is 1. The molecule has 0 spiro atoms. The fourth-order valence-electron chi connectivity index (χ4n) is 1.58. The van der Waals surface area contributed by atoms with Gasteiger partial charge in [-0.1, -0.05) is 17.2 Å². The quantitative estimate of drug-likeness (QED) is 0.264. The summed E-state index contributed by atoms with van der Waals surface area (Å²) in [5.74, 6) is 6.16. The van der Waals surface area contributed by atoms with E-state index in [-0.39, 0.29) is 0 Å². The predicted molar refractivity (Wildman–Crippen MR) is 66.5 cm³/mol. The summed E-state index contributed by atoms with van der Waals surface area (Å²) in [5, 5.41) is 0. The molecule has 0 radical (unpaired) electrons. The molecule has 0 atom stereocenters. The maximum atomic E-state index is 5.47. The summed E-state index contributed by atoms with van der Waals surface area (Å²) in [4.78, 5) is 4.34. The standard InChI is InChI=1S/C12H19N3O/c1-9-6-10(2)8-11(7-9)12(15-13)14-4-5-16-3/h6-8H,4-5,13H2,1-3H3,(H,14,15). The van der Waals surface area contributed by atoms with Crippen molar-refractivity contribution >= 4 is 5.84 Å². The SMILES string of the molecule is COCCN=C(NN)c1cc(C)cc(C)c1. The van der Waals surface area contributed by atoms with Gasteiger partial charge < -0.3 is 10.2 Å². The van der Waals surface area contributed by atoms with Gasteiger partial charge >= 0.3 is 0 Å². The van der Waals surface area contributed by atoms with Gasteiger partial charge in [-0.25, -0.2) is 5.84 Å². The molecule has 0 heterocycles. The van der Waals surface area contributed by atoms with Crippen LogP contribution in [0, 0.1) is 13.8 Å². The molecule has 16 heavy (non-hydrogen) atoms. The van der Waals surface area contributed by atoms with Crippen molar-refractivity contribution in [2.24, 2.45) is 10.8 Å². The number of hydrazine groups is 1. The van der Waals surface area contributed by atoms with Gasteiger partial charge in [-0.15, -0.1) is 0 Å². The van der Waals surface area contributed by atoms with Crippen molar-refractivity contribution in [3.8, 4) is 0 Å². The molecule has 0 aliphatic rings. The number of aliphatic imine (C=N–C) groups is 1. The maximum absolute atomic E-state index is 5.47. The molecule has 0 aliphatic heterocycles. The molecule has 1 aromatic rings. The third-order valence-electron chi connectivity index (χ3n) is 2.20. The van der Waals surface area contributed by atoms with Crippen molar-refractivity contribution in [2.45, 2.75) is 13.8 Å². The molecule has 4 heteroatoms. The average Bonchev–Trinajstić information content (AvgIpc) is 2.23. The number of benzene rings is 1. The zero-order chi connectivity index (χ0) is 12.0. The number of methoxy groups -OCH3 is 1. The number of aryl methyl sites for hydroxylation is 2. The Bertz CT molecular complexity index is 354. The van der Waals surface area contributed by atoms with Gasteiger partial charge in [0.1, 0.15) is 5.84 Å². The van der Waals surface area contributed by atoms with Crippen LogP contribution in [0.1, 0.15) is 16.7 Å². The third kappa shape index (κ3) is 3.64. The summed E-state index contributed by atoms with van der Waals surface area (Å²) < 4.78 is 4.94. The zero-order valence-corrected chi connectivity index (χ0v) is 10.1. The van der Waals surface area contributed by atoms with Crippen molar-refractivity contribution < 1.29 is 4.74 Å². The predicted octanol–water partition coefficient (Wildman–Crippen LogP) is 1.16. The van der Waals surface area contributed by atoms with Crippen LogP contribution in [0.15, 0.2) is 23.2 Å². The van der Waals surface area contributed by atoms with E-state index in [4.69, 9.17) is 10.6 Å². The number of amidine groups is 1. The Kier molecular flexibility index (Phi) is 4.95. The first-order valence-corrected chi connectivity index (χ1v) is 5.26. The second-order valence-electron chi connectivity index (χ2n) is 3.74. The Morgan fingerprint density at radius 3 is 2.44 bits per heavy atom. The highest BCUT2D eigenvalue weighted by Crippen LogP contribution is 2.09. The highest BCUT2D eigenvalue weighted by molar-refractivity contribution is 5.98. The minimum Gasteiger partial charge on any atom is -0.383 e. The minimum atomic E-state index is 0.593. The number of hydrogen-bond donors (Lipinski definition) is 2. The van der Waals surface area contributed by atoms with Gasteiger partial charge in [-0.05, 0) is 26.0 Å². The summed E-state index contributed by atoms with van der Waals surface area (Å²) in [5.41, 5.74) is 6.03. The zero-order valence-electron chi connectivity index (χ0n) is 10.1. The van der Waals surface area contributed by atoms with Gasteiger partial charge in [0.05, 0.1) is 13.2 Å². The molecule has 0 bridgehead atoms.